The molecule has 0 bridgehead atoms. The lowest BCUT2D eigenvalue weighted by Crippen LogP contribution is -2.17. The molecule has 19 heavy (non-hydrogen) atoms. The van der Waals surface area contributed by atoms with Gasteiger partial charge in [-0.1, -0.05) is 19.3 Å². The Kier molecular flexibility index (Phi) is 4.00. The number of hydrogen-bond acceptors (Lipinski definition) is 3. The van der Waals surface area contributed by atoms with Gasteiger partial charge in [0.2, 0.25) is 0 Å². The van der Waals surface area contributed by atoms with Gasteiger partial charge in [-0.15, -0.1) is 0 Å². The van der Waals surface area contributed by atoms with Crippen LogP contribution in [0.5, 0.6) is 0 Å². The fourth-order valence-corrected chi connectivity index (χ4v) is 3.47. The van der Waals surface area contributed by atoms with Crippen LogP contribution in [0.15, 0.2) is 0 Å². The molecule has 3 nitrogen and oxygen atoms in total. The van der Waals surface area contributed by atoms with Crippen molar-refractivity contribution in [1.29, 1.82) is 0 Å². The van der Waals surface area contributed by atoms with Crippen molar-refractivity contribution < 1.29 is 0 Å². The average molecular weight is 259 g/mol. The topological polar surface area (TPSA) is 37.8 Å². The van der Waals surface area contributed by atoms with Crippen LogP contribution in [0.2, 0.25) is 0 Å². The normalized spacial score (nSPS) is 20.1. The summed E-state index contributed by atoms with van der Waals surface area (Å²) in [4.78, 5) is 9.81. The Morgan fingerprint density at radius 3 is 2.58 bits per heavy atom. The first-order valence-corrected chi connectivity index (χ1v) is 8.02. The van der Waals surface area contributed by atoms with Crippen molar-refractivity contribution in [2.45, 2.75) is 70.6 Å². The number of rotatable bonds is 3. The van der Waals surface area contributed by atoms with Gasteiger partial charge in [-0.2, -0.15) is 0 Å². The van der Waals surface area contributed by atoms with Crippen LogP contribution in [-0.4, -0.2) is 16.5 Å². The van der Waals surface area contributed by atoms with Gasteiger partial charge in [0.15, 0.2) is 0 Å². The number of nitrogens with zero attached hydrogens (tertiary/aromatic N) is 2. The number of hydrogen-bond donors (Lipinski definition) is 1. The molecule has 1 N–H and O–H groups in total. The minimum atomic E-state index is 0.610. The molecule has 0 unspecified atom stereocenters. The fraction of sp³-hybridized carbons (Fsp3) is 0.750. The summed E-state index contributed by atoms with van der Waals surface area (Å²) in [5.74, 6) is 2.86. The number of fused-ring (bicyclic) bond motifs is 1. The largest absolute Gasteiger partial charge is 0.370 e. The van der Waals surface area contributed by atoms with Crippen LogP contribution in [0.25, 0.3) is 0 Å². The molecule has 0 aliphatic heterocycles. The highest BCUT2D eigenvalue weighted by Crippen LogP contribution is 2.33. The molecule has 3 heteroatoms. The highest BCUT2D eigenvalue weighted by Gasteiger charge is 2.23. The lowest BCUT2D eigenvalue weighted by atomic mass is 9.88. The number of nitrogens with one attached hydrogen (secondary N) is 1. The van der Waals surface area contributed by atoms with Crippen LogP contribution in [-0.2, 0) is 12.8 Å². The SMILES string of the molecule is CCNc1nc(C2CCCCC2)nc2c1CCCC2. The third-order valence-electron chi connectivity index (χ3n) is 4.51. The maximum Gasteiger partial charge on any atom is 0.134 e. The smallest absolute Gasteiger partial charge is 0.134 e. The fourth-order valence-electron chi connectivity index (χ4n) is 3.47. The second kappa shape index (κ2) is 5.89. The Bertz CT molecular complexity index is 436. The highest BCUT2D eigenvalue weighted by molar-refractivity contribution is 5.48. The van der Waals surface area contributed by atoms with Gasteiger partial charge >= 0.3 is 0 Å². The van der Waals surface area contributed by atoms with E-state index in [0.717, 1.165) is 31.0 Å². The molecule has 1 saturated carbocycles. The number of aryl methyl sites for hydroxylation is 1. The summed E-state index contributed by atoms with van der Waals surface area (Å²) in [5, 5.41) is 3.46. The molecule has 0 radical (unpaired) electrons. The van der Waals surface area contributed by atoms with Crippen LogP contribution in [0.1, 0.15) is 74.9 Å². The first-order valence-electron chi connectivity index (χ1n) is 8.02. The van der Waals surface area contributed by atoms with Crippen LogP contribution >= 0.6 is 0 Å². The van der Waals surface area contributed by atoms with Crippen LogP contribution in [0, 0.1) is 0 Å². The van der Waals surface area contributed by atoms with Crippen molar-refractivity contribution in [3.63, 3.8) is 0 Å². The van der Waals surface area contributed by atoms with E-state index in [0.29, 0.717) is 5.92 Å². The Morgan fingerprint density at radius 2 is 1.79 bits per heavy atom. The van der Waals surface area contributed by atoms with Crippen LogP contribution < -0.4 is 5.32 Å². The quantitative estimate of drug-likeness (QED) is 0.896. The molecule has 1 aromatic heterocycles. The standard InChI is InChI=1S/C16H25N3/c1-2-17-16-13-10-6-7-11-14(13)18-15(19-16)12-8-4-3-5-9-12/h12H,2-11H2,1H3,(H,17,18,19). The zero-order chi connectivity index (χ0) is 13.1. The van der Waals surface area contributed by atoms with Crippen molar-refractivity contribution in [3.05, 3.63) is 17.1 Å². The molecule has 0 aromatic carbocycles. The minimum Gasteiger partial charge on any atom is -0.370 e. The van der Waals surface area contributed by atoms with Crippen molar-refractivity contribution >= 4 is 5.82 Å². The third-order valence-corrected chi connectivity index (χ3v) is 4.51. The summed E-state index contributed by atoms with van der Waals surface area (Å²) in [5.41, 5.74) is 2.73. The van der Waals surface area contributed by atoms with E-state index >= 15 is 0 Å². The first kappa shape index (κ1) is 12.9. The molecule has 0 amide bonds. The lowest BCUT2D eigenvalue weighted by Gasteiger charge is -2.24. The molecule has 0 saturated heterocycles. The molecule has 3 rings (SSSR count). The van der Waals surface area contributed by atoms with Crippen molar-refractivity contribution in [1.82, 2.24) is 9.97 Å². The zero-order valence-corrected chi connectivity index (χ0v) is 12.0. The Hall–Kier alpha value is -1.12. The predicted octanol–water partition coefficient (Wildman–Crippen LogP) is 3.83. The monoisotopic (exact) mass is 259 g/mol. The van der Waals surface area contributed by atoms with E-state index in [1.807, 2.05) is 0 Å². The first-order chi connectivity index (χ1) is 9.38. The molecule has 0 spiro atoms. The van der Waals surface area contributed by atoms with Gasteiger partial charge < -0.3 is 5.32 Å². The summed E-state index contributed by atoms with van der Waals surface area (Å²) < 4.78 is 0. The lowest BCUT2D eigenvalue weighted by molar-refractivity contribution is 0.426. The maximum absolute atomic E-state index is 4.93. The van der Waals surface area contributed by atoms with Crippen molar-refractivity contribution in [2.75, 3.05) is 11.9 Å². The molecule has 104 valence electrons. The zero-order valence-electron chi connectivity index (χ0n) is 12.0. The third kappa shape index (κ3) is 2.75. The highest BCUT2D eigenvalue weighted by atomic mass is 15.0. The Balaban J connectivity index is 1.93. The van der Waals surface area contributed by atoms with Gasteiger partial charge in [-0.25, -0.2) is 9.97 Å². The summed E-state index contributed by atoms with van der Waals surface area (Å²) in [6.45, 7) is 3.10. The molecule has 2 aliphatic rings. The van der Waals surface area contributed by atoms with Crippen molar-refractivity contribution in [2.24, 2.45) is 0 Å². The van der Waals surface area contributed by atoms with Crippen molar-refractivity contribution in [3.8, 4) is 0 Å². The van der Waals surface area contributed by atoms with E-state index in [1.54, 1.807) is 0 Å². The van der Waals surface area contributed by atoms with E-state index in [4.69, 9.17) is 9.97 Å². The van der Waals surface area contributed by atoms with Gasteiger partial charge in [0.05, 0.1) is 0 Å². The van der Waals surface area contributed by atoms with Gasteiger partial charge in [-0.3, -0.25) is 0 Å². The van der Waals surface area contributed by atoms with E-state index in [-0.39, 0.29) is 0 Å². The maximum atomic E-state index is 4.93. The molecule has 1 fully saturated rings. The number of anilines is 1. The second-order valence-electron chi connectivity index (χ2n) is 5.93. The van der Waals surface area contributed by atoms with Crippen LogP contribution in [0.4, 0.5) is 5.82 Å². The Morgan fingerprint density at radius 1 is 1.00 bits per heavy atom. The van der Waals surface area contributed by atoms with Gasteiger partial charge in [0, 0.05) is 23.7 Å². The van der Waals surface area contributed by atoms with E-state index in [2.05, 4.69) is 12.2 Å². The molecule has 1 aromatic rings. The number of aromatic nitrogens is 2. The van der Waals surface area contributed by atoms with E-state index in [1.165, 1.54) is 56.2 Å². The minimum absolute atomic E-state index is 0.610. The predicted molar refractivity (Wildman–Crippen MR) is 78.7 cm³/mol. The summed E-state index contributed by atoms with van der Waals surface area (Å²) in [7, 11) is 0. The summed E-state index contributed by atoms with van der Waals surface area (Å²) in [6.07, 6.45) is 11.5. The molecule has 1 heterocycles. The van der Waals surface area contributed by atoms with E-state index in [9.17, 15) is 0 Å². The molecular weight excluding hydrogens is 234 g/mol. The summed E-state index contributed by atoms with van der Waals surface area (Å²) >= 11 is 0. The molecule has 2 aliphatic carbocycles. The Labute approximate surface area is 116 Å². The van der Waals surface area contributed by atoms with Gasteiger partial charge in [0.1, 0.15) is 11.6 Å². The summed E-state index contributed by atoms with van der Waals surface area (Å²) in [6, 6.07) is 0. The molecule has 0 atom stereocenters. The van der Waals surface area contributed by atoms with Gasteiger partial charge in [0.25, 0.3) is 0 Å². The van der Waals surface area contributed by atoms with Crippen LogP contribution in [0.3, 0.4) is 0 Å². The van der Waals surface area contributed by atoms with E-state index < -0.39 is 0 Å². The average Bonchev–Trinajstić information content (AvgIpc) is 2.48. The molecular formula is C16H25N3. The van der Waals surface area contributed by atoms with Gasteiger partial charge in [-0.05, 0) is 45.4 Å². The second-order valence-corrected chi connectivity index (χ2v) is 5.93.